The molecule has 18 heavy (non-hydrogen) atoms. The van der Waals surface area contributed by atoms with Gasteiger partial charge in [-0.25, -0.2) is 0 Å². The standard InChI is InChI=1S/C14H19NOS2/c1-14(2,10-16)9-15-13(11-5-3-7-17-11)12-6-4-8-18-12/h3-8,13,15-16H,9-10H2,1-2H3. The van der Waals surface area contributed by atoms with Gasteiger partial charge in [0.15, 0.2) is 0 Å². The molecule has 0 unspecified atom stereocenters. The van der Waals surface area contributed by atoms with E-state index in [9.17, 15) is 5.11 Å². The Balaban J connectivity index is 2.12. The van der Waals surface area contributed by atoms with Gasteiger partial charge < -0.3 is 10.4 Å². The van der Waals surface area contributed by atoms with Crippen LogP contribution in [0.1, 0.15) is 29.6 Å². The van der Waals surface area contributed by atoms with Gasteiger partial charge in [0, 0.05) is 28.3 Å². The van der Waals surface area contributed by atoms with Gasteiger partial charge >= 0.3 is 0 Å². The number of thiophene rings is 2. The molecule has 0 saturated heterocycles. The first kappa shape index (κ1) is 13.7. The fraction of sp³-hybridized carbons (Fsp3) is 0.429. The largest absolute Gasteiger partial charge is 0.396 e. The minimum absolute atomic E-state index is 0.0905. The van der Waals surface area contributed by atoms with Gasteiger partial charge in [-0.15, -0.1) is 22.7 Å². The molecule has 98 valence electrons. The van der Waals surface area contributed by atoms with Crippen LogP contribution in [-0.4, -0.2) is 18.3 Å². The first-order chi connectivity index (χ1) is 8.62. The number of rotatable bonds is 6. The molecule has 0 fully saturated rings. The quantitative estimate of drug-likeness (QED) is 0.849. The molecule has 2 heterocycles. The van der Waals surface area contributed by atoms with Crippen molar-refractivity contribution in [2.24, 2.45) is 5.41 Å². The topological polar surface area (TPSA) is 32.3 Å². The van der Waals surface area contributed by atoms with Gasteiger partial charge in [-0.05, 0) is 22.9 Å². The zero-order valence-electron chi connectivity index (χ0n) is 10.7. The molecule has 0 amide bonds. The molecule has 2 N–H and O–H groups in total. The Labute approximate surface area is 116 Å². The second-order valence-electron chi connectivity index (χ2n) is 5.17. The van der Waals surface area contributed by atoms with Gasteiger partial charge in [0.2, 0.25) is 0 Å². The number of nitrogens with one attached hydrogen (secondary N) is 1. The molecule has 2 nitrogen and oxygen atoms in total. The number of hydrogen-bond acceptors (Lipinski definition) is 4. The Kier molecular flexibility index (Phi) is 4.56. The summed E-state index contributed by atoms with van der Waals surface area (Å²) in [6.07, 6.45) is 0. The third kappa shape index (κ3) is 3.42. The van der Waals surface area contributed by atoms with Crippen LogP contribution in [0.5, 0.6) is 0 Å². The summed E-state index contributed by atoms with van der Waals surface area (Å²) >= 11 is 3.54. The van der Waals surface area contributed by atoms with Crippen LogP contribution in [-0.2, 0) is 0 Å². The minimum atomic E-state index is -0.0905. The molecule has 0 bridgehead atoms. The van der Waals surface area contributed by atoms with E-state index in [1.54, 1.807) is 22.7 Å². The molecule has 2 rings (SSSR count). The van der Waals surface area contributed by atoms with Gasteiger partial charge in [0.25, 0.3) is 0 Å². The summed E-state index contributed by atoms with van der Waals surface area (Å²) in [5.41, 5.74) is -0.0905. The van der Waals surface area contributed by atoms with Crippen LogP contribution >= 0.6 is 22.7 Å². The molecular weight excluding hydrogens is 262 g/mol. The first-order valence-corrected chi connectivity index (χ1v) is 7.79. The Bertz CT molecular complexity index is 414. The summed E-state index contributed by atoms with van der Waals surface area (Å²) in [7, 11) is 0. The fourth-order valence-electron chi connectivity index (χ4n) is 1.69. The summed E-state index contributed by atoms with van der Waals surface area (Å²) in [4.78, 5) is 2.65. The lowest BCUT2D eigenvalue weighted by Crippen LogP contribution is -2.34. The van der Waals surface area contributed by atoms with Crippen LogP contribution in [0.25, 0.3) is 0 Å². The molecule has 0 atom stereocenters. The molecule has 0 aliphatic rings. The van der Waals surface area contributed by atoms with E-state index in [0.717, 1.165) is 6.54 Å². The zero-order chi connectivity index (χ0) is 13.0. The second kappa shape index (κ2) is 5.97. The third-order valence-electron chi connectivity index (χ3n) is 2.87. The first-order valence-electron chi connectivity index (χ1n) is 6.03. The lowest BCUT2D eigenvalue weighted by Gasteiger charge is -2.25. The predicted octanol–water partition coefficient (Wildman–Crippen LogP) is 3.51. The van der Waals surface area contributed by atoms with Crippen molar-refractivity contribution in [3.63, 3.8) is 0 Å². The summed E-state index contributed by atoms with van der Waals surface area (Å²) in [6.45, 7) is 5.13. The molecule has 2 aromatic heterocycles. The second-order valence-corrected chi connectivity index (χ2v) is 7.13. The molecule has 0 radical (unpaired) electrons. The molecule has 0 aromatic carbocycles. The minimum Gasteiger partial charge on any atom is -0.396 e. The predicted molar refractivity (Wildman–Crippen MR) is 79.4 cm³/mol. The third-order valence-corrected chi connectivity index (χ3v) is 4.74. The van der Waals surface area contributed by atoms with Gasteiger partial charge in [-0.1, -0.05) is 26.0 Å². The van der Waals surface area contributed by atoms with E-state index in [1.807, 2.05) is 0 Å². The van der Waals surface area contributed by atoms with E-state index < -0.39 is 0 Å². The highest BCUT2D eigenvalue weighted by Gasteiger charge is 2.21. The van der Waals surface area contributed by atoms with Crippen molar-refractivity contribution >= 4 is 22.7 Å². The molecule has 2 aromatic rings. The summed E-state index contributed by atoms with van der Waals surface area (Å²) in [5, 5.41) is 17.1. The Morgan fingerprint density at radius 1 is 1.17 bits per heavy atom. The highest BCUT2D eigenvalue weighted by molar-refractivity contribution is 7.11. The van der Waals surface area contributed by atoms with Crippen molar-refractivity contribution in [3.8, 4) is 0 Å². The van der Waals surface area contributed by atoms with Gasteiger partial charge in [-0.3, -0.25) is 0 Å². The highest BCUT2D eigenvalue weighted by atomic mass is 32.1. The Morgan fingerprint density at radius 2 is 1.72 bits per heavy atom. The highest BCUT2D eigenvalue weighted by Crippen LogP contribution is 2.29. The average Bonchev–Trinajstić information content (AvgIpc) is 3.01. The van der Waals surface area contributed by atoms with Crippen LogP contribution in [0.4, 0.5) is 0 Å². The van der Waals surface area contributed by atoms with Crippen LogP contribution in [0.2, 0.25) is 0 Å². The van der Waals surface area contributed by atoms with Gasteiger partial charge in [0.1, 0.15) is 0 Å². The molecule has 0 aliphatic heterocycles. The summed E-state index contributed by atoms with van der Waals surface area (Å²) in [5.74, 6) is 0. The molecule has 4 heteroatoms. The molecule has 0 saturated carbocycles. The van der Waals surface area contributed by atoms with E-state index in [-0.39, 0.29) is 18.1 Å². The van der Waals surface area contributed by atoms with Crippen molar-refractivity contribution in [2.75, 3.05) is 13.2 Å². The molecule has 0 aliphatic carbocycles. The van der Waals surface area contributed by atoms with Gasteiger partial charge in [0.05, 0.1) is 6.04 Å². The number of aliphatic hydroxyl groups excluding tert-OH is 1. The maximum atomic E-state index is 9.33. The average molecular weight is 281 g/mol. The Morgan fingerprint density at radius 3 is 2.11 bits per heavy atom. The summed E-state index contributed by atoms with van der Waals surface area (Å²) in [6, 6.07) is 8.73. The maximum Gasteiger partial charge on any atom is 0.0765 e. The fourth-order valence-corrected chi connectivity index (χ4v) is 3.40. The van der Waals surface area contributed by atoms with E-state index in [1.165, 1.54) is 9.75 Å². The smallest absolute Gasteiger partial charge is 0.0765 e. The zero-order valence-corrected chi connectivity index (χ0v) is 12.4. The van der Waals surface area contributed by atoms with Crippen molar-refractivity contribution in [1.82, 2.24) is 5.32 Å². The van der Waals surface area contributed by atoms with E-state index in [2.05, 4.69) is 54.2 Å². The molecular formula is C14H19NOS2. The SMILES string of the molecule is CC(C)(CO)CNC(c1cccs1)c1cccs1. The van der Waals surface area contributed by atoms with E-state index in [4.69, 9.17) is 0 Å². The normalized spacial score (nSPS) is 12.2. The van der Waals surface area contributed by atoms with Crippen LogP contribution < -0.4 is 5.32 Å². The van der Waals surface area contributed by atoms with Crippen molar-refractivity contribution in [3.05, 3.63) is 44.8 Å². The van der Waals surface area contributed by atoms with Crippen LogP contribution in [0, 0.1) is 5.41 Å². The van der Waals surface area contributed by atoms with Crippen molar-refractivity contribution < 1.29 is 5.11 Å². The van der Waals surface area contributed by atoms with Crippen molar-refractivity contribution in [2.45, 2.75) is 19.9 Å². The van der Waals surface area contributed by atoms with Crippen molar-refractivity contribution in [1.29, 1.82) is 0 Å². The lowest BCUT2D eigenvalue weighted by atomic mass is 9.94. The monoisotopic (exact) mass is 281 g/mol. The van der Waals surface area contributed by atoms with Crippen LogP contribution in [0.3, 0.4) is 0 Å². The van der Waals surface area contributed by atoms with Crippen LogP contribution in [0.15, 0.2) is 35.0 Å². The van der Waals surface area contributed by atoms with E-state index in [0.29, 0.717) is 0 Å². The Hall–Kier alpha value is -0.680. The lowest BCUT2D eigenvalue weighted by molar-refractivity contribution is 0.155. The maximum absolute atomic E-state index is 9.33. The number of hydrogen-bond donors (Lipinski definition) is 2. The molecule has 0 spiro atoms. The number of aliphatic hydroxyl groups is 1. The summed E-state index contributed by atoms with van der Waals surface area (Å²) < 4.78 is 0. The van der Waals surface area contributed by atoms with E-state index >= 15 is 0 Å². The van der Waals surface area contributed by atoms with Gasteiger partial charge in [-0.2, -0.15) is 0 Å².